The van der Waals surface area contributed by atoms with Gasteiger partial charge in [0.05, 0.1) is 6.04 Å². The van der Waals surface area contributed by atoms with Gasteiger partial charge in [-0.15, -0.1) is 6.58 Å². The number of carbonyl (C=O) groups is 1. The van der Waals surface area contributed by atoms with E-state index in [1.54, 1.807) is 23.1 Å². The van der Waals surface area contributed by atoms with E-state index in [2.05, 4.69) is 30.2 Å². The molecular formula is C32H38FN3O2. The van der Waals surface area contributed by atoms with Crippen LogP contribution in [0.3, 0.4) is 0 Å². The monoisotopic (exact) mass is 515 g/mol. The van der Waals surface area contributed by atoms with Gasteiger partial charge in [0.25, 0.3) is 5.91 Å². The Bertz CT molecular complexity index is 1260. The SMILES string of the molecule is C=CCN1C[C@H](C)N([C@@H](c2cccc(O)c2)c2cccc(C(=O)N(CCC)c3cccc(F)c3)c2)C[C@H]1C. The summed E-state index contributed by atoms with van der Waals surface area (Å²) >= 11 is 0. The summed E-state index contributed by atoms with van der Waals surface area (Å²) in [4.78, 5) is 20.3. The third-order valence-corrected chi connectivity index (χ3v) is 7.31. The molecule has 1 aliphatic heterocycles. The molecule has 1 aliphatic rings. The molecule has 200 valence electrons. The number of hydrogen-bond acceptors (Lipinski definition) is 4. The van der Waals surface area contributed by atoms with Crippen LogP contribution >= 0.6 is 0 Å². The Hall–Kier alpha value is -3.48. The van der Waals surface area contributed by atoms with Gasteiger partial charge >= 0.3 is 0 Å². The minimum Gasteiger partial charge on any atom is -0.508 e. The van der Waals surface area contributed by atoms with Gasteiger partial charge in [-0.25, -0.2) is 4.39 Å². The van der Waals surface area contributed by atoms with Gasteiger partial charge in [-0.05, 0) is 73.9 Å². The lowest BCUT2D eigenvalue weighted by molar-refractivity contribution is 0.0306. The quantitative estimate of drug-likeness (QED) is 0.342. The first-order valence-corrected chi connectivity index (χ1v) is 13.4. The van der Waals surface area contributed by atoms with Crippen LogP contribution in [0.2, 0.25) is 0 Å². The number of benzene rings is 3. The van der Waals surface area contributed by atoms with Crippen LogP contribution in [-0.2, 0) is 0 Å². The summed E-state index contributed by atoms with van der Waals surface area (Å²) in [5, 5.41) is 10.3. The summed E-state index contributed by atoms with van der Waals surface area (Å²) in [5.41, 5.74) is 3.05. The van der Waals surface area contributed by atoms with Crippen LogP contribution in [0.4, 0.5) is 10.1 Å². The number of carbonyl (C=O) groups excluding carboxylic acids is 1. The molecule has 0 aliphatic carbocycles. The molecule has 0 bridgehead atoms. The van der Waals surface area contributed by atoms with E-state index in [1.807, 2.05) is 55.5 Å². The van der Waals surface area contributed by atoms with Crippen molar-refractivity contribution in [3.8, 4) is 5.75 Å². The maximum Gasteiger partial charge on any atom is 0.258 e. The summed E-state index contributed by atoms with van der Waals surface area (Å²) in [6, 6.07) is 21.7. The molecule has 5 nitrogen and oxygen atoms in total. The predicted molar refractivity (Wildman–Crippen MR) is 152 cm³/mol. The zero-order valence-corrected chi connectivity index (χ0v) is 22.6. The molecule has 1 heterocycles. The van der Waals surface area contributed by atoms with E-state index < -0.39 is 0 Å². The standard InChI is InChI=1S/C32H38FN3O2/c1-5-16-34-21-24(4)36(22-23(34)3)31(26-11-8-15-30(37)19-26)25-10-7-12-27(18-25)32(38)35(17-6-2)29-14-9-13-28(33)20-29/h5,7-15,18-20,23-24,31,37H,1,6,16-17,21-22H2,2-4H3/t23-,24+,31-/m1/s1. The highest BCUT2D eigenvalue weighted by molar-refractivity contribution is 6.06. The minimum absolute atomic E-state index is 0.146. The maximum absolute atomic E-state index is 14.0. The van der Waals surface area contributed by atoms with Crippen molar-refractivity contribution in [2.24, 2.45) is 0 Å². The third kappa shape index (κ3) is 6.14. The molecule has 0 aromatic heterocycles. The Labute approximate surface area is 225 Å². The van der Waals surface area contributed by atoms with Crippen molar-refractivity contribution >= 4 is 11.6 Å². The highest BCUT2D eigenvalue weighted by atomic mass is 19.1. The van der Waals surface area contributed by atoms with Crippen molar-refractivity contribution in [2.75, 3.05) is 31.1 Å². The van der Waals surface area contributed by atoms with Gasteiger partial charge in [0.15, 0.2) is 0 Å². The van der Waals surface area contributed by atoms with Crippen molar-refractivity contribution in [1.29, 1.82) is 0 Å². The zero-order chi connectivity index (χ0) is 27.2. The van der Waals surface area contributed by atoms with Crippen molar-refractivity contribution in [1.82, 2.24) is 9.80 Å². The average Bonchev–Trinajstić information content (AvgIpc) is 2.90. The van der Waals surface area contributed by atoms with Crippen molar-refractivity contribution < 1.29 is 14.3 Å². The number of rotatable bonds is 9. The fraction of sp³-hybridized carbons (Fsp3) is 0.344. The van der Waals surface area contributed by atoms with E-state index in [9.17, 15) is 14.3 Å². The van der Waals surface area contributed by atoms with Crippen molar-refractivity contribution in [3.05, 3.63) is 108 Å². The molecule has 1 amide bonds. The Morgan fingerprint density at radius 1 is 1.05 bits per heavy atom. The molecule has 3 aromatic carbocycles. The molecule has 1 fully saturated rings. The van der Waals surface area contributed by atoms with Crippen LogP contribution in [0.5, 0.6) is 5.75 Å². The Balaban J connectivity index is 1.73. The highest BCUT2D eigenvalue weighted by Crippen LogP contribution is 2.35. The van der Waals surface area contributed by atoms with Gasteiger partial charge in [-0.3, -0.25) is 14.6 Å². The normalized spacial score (nSPS) is 19.2. The topological polar surface area (TPSA) is 47.0 Å². The Morgan fingerprint density at radius 3 is 2.45 bits per heavy atom. The molecule has 0 radical (unpaired) electrons. The summed E-state index contributed by atoms with van der Waals surface area (Å²) in [6.07, 6.45) is 2.69. The molecule has 1 saturated heterocycles. The summed E-state index contributed by atoms with van der Waals surface area (Å²) in [7, 11) is 0. The van der Waals surface area contributed by atoms with E-state index in [0.717, 1.165) is 37.2 Å². The maximum atomic E-state index is 14.0. The molecule has 3 aromatic rings. The lowest BCUT2D eigenvalue weighted by Gasteiger charge is -2.47. The number of halogens is 1. The highest BCUT2D eigenvalue weighted by Gasteiger charge is 2.35. The number of phenolic OH excluding ortho intramolecular Hbond substituents is 1. The number of phenols is 1. The van der Waals surface area contributed by atoms with Gasteiger partial charge < -0.3 is 10.0 Å². The summed E-state index contributed by atoms with van der Waals surface area (Å²) in [6.45, 7) is 13.4. The van der Waals surface area contributed by atoms with Gasteiger partial charge in [0.1, 0.15) is 11.6 Å². The Kier molecular flexibility index (Phi) is 8.97. The molecule has 0 unspecified atom stereocenters. The lowest BCUT2D eigenvalue weighted by Crippen LogP contribution is -2.57. The van der Waals surface area contributed by atoms with Crippen LogP contribution in [0.1, 0.15) is 54.7 Å². The van der Waals surface area contributed by atoms with Crippen molar-refractivity contribution in [3.63, 3.8) is 0 Å². The number of aromatic hydroxyl groups is 1. The largest absolute Gasteiger partial charge is 0.508 e. The molecule has 1 N–H and O–H groups in total. The smallest absolute Gasteiger partial charge is 0.258 e. The van der Waals surface area contributed by atoms with Gasteiger partial charge in [0.2, 0.25) is 0 Å². The van der Waals surface area contributed by atoms with E-state index in [4.69, 9.17) is 0 Å². The first-order chi connectivity index (χ1) is 18.3. The first-order valence-electron chi connectivity index (χ1n) is 13.4. The van der Waals surface area contributed by atoms with Crippen molar-refractivity contribution in [2.45, 2.75) is 45.3 Å². The van der Waals surface area contributed by atoms with Gasteiger partial charge in [-0.1, -0.05) is 43.3 Å². The second kappa shape index (κ2) is 12.4. The van der Waals surface area contributed by atoms with Crippen LogP contribution in [-0.4, -0.2) is 59.1 Å². The molecular weight excluding hydrogens is 477 g/mol. The van der Waals surface area contributed by atoms with E-state index in [-0.39, 0.29) is 29.6 Å². The number of hydrogen-bond donors (Lipinski definition) is 1. The average molecular weight is 516 g/mol. The van der Waals surface area contributed by atoms with Gasteiger partial charge in [-0.2, -0.15) is 0 Å². The molecule has 0 spiro atoms. The molecule has 0 saturated carbocycles. The summed E-state index contributed by atoms with van der Waals surface area (Å²) < 4.78 is 14.0. The lowest BCUT2D eigenvalue weighted by atomic mass is 9.92. The third-order valence-electron chi connectivity index (χ3n) is 7.31. The van der Waals surface area contributed by atoms with Crippen LogP contribution in [0, 0.1) is 5.82 Å². The summed E-state index contributed by atoms with van der Waals surface area (Å²) in [5.74, 6) is -0.315. The first kappa shape index (κ1) is 27.6. The number of amides is 1. The van der Waals surface area contributed by atoms with Crippen LogP contribution in [0.25, 0.3) is 0 Å². The van der Waals surface area contributed by atoms with E-state index >= 15 is 0 Å². The van der Waals surface area contributed by atoms with Crippen LogP contribution in [0.15, 0.2) is 85.5 Å². The number of anilines is 1. The zero-order valence-electron chi connectivity index (χ0n) is 22.6. The van der Waals surface area contributed by atoms with Gasteiger partial charge in [0, 0.05) is 49.5 Å². The second-order valence-electron chi connectivity index (χ2n) is 10.2. The molecule has 6 heteroatoms. The molecule has 38 heavy (non-hydrogen) atoms. The molecule has 3 atom stereocenters. The fourth-order valence-electron chi connectivity index (χ4n) is 5.49. The van der Waals surface area contributed by atoms with Crippen LogP contribution < -0.4 is 4.90 Å². The number of nitrogens with zero attached hydrogens (tertiary/aromatic N) is 3. The second-order valence-corrected chi connectivity index (χ2v) is 10.2. The van der Waals surface area contributed by atoms with E-state index in [1.165, 1.54) is 12.1 Å². The molecule has 4 rings (SSSR count). The minimum atomic E-state index is -0.368. The Morgan fingerprint density at radius 2 is 1.76 bits per heavy atom. The number of piperazine rings is 1. The van der Waals surface area contributed by atoms with E-state index in [0.29, 0.717) is 23.8 Å². The predicted octanol–water partition coefficient (Wildman–Crippen LogP) is 6.26. The fourth-order valence-corrected chi connectivity index (χ4v) is 5.49.